The summed E-state index contributed by atoms with van der Waals surface area (Å²) < 4.78 is 9.32. The van der Waals surface area contributed by atoms with Gasteiger partial charge in [-0.25, -0.2) is 0 Å². The fourth-order valence-electron chi connectivity index (χ4n) is 2.97. The molecule has 0 aliphatic heterocycles. The molecule has 4 rings (SSSR count). The number of nitrogens with one attached hydrogen (secondary N) is 1. The lowest BCUT2D eigenvalue weighted by Gasteiger charge is -2.10. The van der Waals surface area contributed by atoms with E-state index in [1.54, 1.807) is 12.3 Å². The summed E-state index contributed by atoms with van der Waals surface area (Å²) in [5.74, 6) is 1.71. The Hall–Kier alpha value is -3.26. The number of carbonyl (C=O) groups is 1. The predicted molar refractivity (Wildman–Crippen MR) is 111 cm³/mol. The van der Waals surface area contributed by atoms with Crippen molar-refractivity contribution in [1.29, 1.82) is 0 Å². The number of nitrogens with zero attached hydrogens (tertiary/aromatic N) is 4. The Balaban J connectivity index is 1.50. The number of hydrogen-bond donors (Lipinski definition) is 1. The van der Waals surface area contributed by atoms with Gasteiger partial charge in [0.25, 0.3) is 0 Å². The molecule has 0 radical (unpaired) electrons. The van der Waals surface area contributed by atoms with E-state index < -0.39 is 0 Å². The van der Waals surface area contributed by atoms with Crippen LogP contribution in [0.1, 0.15) is 17.3 Å². The Morgan fingerprint density at radius 1 is 1.10 bits per heavy atom. The lowest BCUT2D eigenvalue weighted by Crippen LogP contribution is -2.24. The molecule has 0 bridgehead atoms. The SMILES string of the molecule is Cn1cccc1Cc1nnc(SCC(=O)NCc2ccco2)n1-c1ccccc1. The number of carbonyl (C=O) groups excluding carboxylic acids is 1. The number of aryl methyl sites for hydroxylation is 1. The highest BCUT2D eigenvalue weighted by Crippen LogP contribution is 2.23. The van der Waals surface area contributed by atoms with Crippen molar-refractivity contribution in [3.8, 4) is 5.69 Å². The largest absolute Gasteiger partial charge is 0.467 e. The highest BCUT2D eigenvalue weighted by Gasteiger charge is 2.17. The summed E-state index contributed by atoms with van der Waals surface area (Å²) >= 11 is 1.36. The van der Waals surface area contributed by atoms with Gasteiger partial charge in [0, 0.05) is 31.0 Å². The van der Waals surface area contributed by atoms with Crippen LogP contribution >= 0.6 is 11.8 Å². The van der Waals surface area contributed by atoms with Crippen molar-refractivity contribution in [1.82, 2.24) is 24.6 Å². The lowest BCUT2D eigenvalue weighted by molar-refractivity contribution is -0.118. The number of benzene rings is 1. The first kappa shape index (κ1) is 19.1. The molecule has 1 aromatic carbocycles. The second-order valence-corrected chi connectivity index (χ2v) is 7.44. The summed E-state index contributed by atoms with van der Waals surface area (Å²) in [5, 5.41) is 12.3. The van der Waals surface area contributed by atoms with Crippen LogP contribution in [0.2, 0.25) is 0 Å². The van der Waals surface area contributed by atoms with Gasteiger partial charge in [0.15, 0.2) is 5.16 Å². The molecule has 29 heavy (non-hydrogen) atoms. The molecule has 0 fully saturated rings. The van der Waals surface area contributed by atoms with Crippen LogP contribution in [0, 0.1) is 0 Å². The van der Waals surface area contributed by atoms with Crippen molar-refractivity contribution in [2.24, 2.45) is 7.05 Å². The zero-order valence-electron chi connectivity index (χ0n) is 16.0. The van der Waals surface area contributed by atoms with Crippen molar-refractivity contribution in [2.45, 2.75) is 18.1 Å². The van der Waals surface area contributed by atoms with Gasteiger partial charge in [-0.2, -0.15) is 0 Å². The standard InChI is InChI=1S/C21H21N5O2S/c1-25-11-5-9-17(25)13-19-23-24-21(26(19)16-7-3-2-4-8-16)29-15-20(27)22-14-18-10-6-12-28-18/h2-12H,13-15H2,1H3,(H,22,27). The predicted octanol–water partition coefficient (Wildman–Crippen LogP) is 3.20. The molecule has 4 aromatic rings. The summed E-state index contributed by atoms with van der Waals surface area (Å²) in [6.45, 7) is 0.372. The molecule has 0 atom stereocenters. The minimum absolute atomic E-state index is 0.0852. The summed E-state index contributed by atoms with van der Waals surface area (Å²) in [5.41, 5.74) is 2.11. The molecular formula is C21H21N5O2S. The van der Waals surface area contributed by atoms with Gasteiger partial charge in [-0.3, -0.25) is 9.36 Å². The highest BCUT2D eigenvalue weighted by molar-refractivity contribution is 7.99. The number of furan rings is 1. The molecule has 8 heteroatoms. The average molecular weight is 407 g/mol. The molecule has 0 aliphatic carbocycles. The molecule has 3 aromatic heterocycles. The molecule has 0 aliphatic rings. The summed E-state index contributed by atoms with van der Waals surface area (Å²) in [4.78, 5) is 12.2. The van der Waals surface area contributed by atoms with E-state index in [1.165, 1.54) is 11.8 Å². The van der Waals surface area contributed by atoms with E-state index in [0.29, 0.717) is 18.1 Å². The van der Waals surface area contributed by atoms with Crippen LogP contribution in [-0.2, 0) is 24.8 Å². The fraction of sp³-hybridized carbons (Fsp3) is 0.190. The minimum atomic E-state index is -0.0852. The number of para-hydroxylation sites is 1. The Kier molecular flexibility index (Phi) is 5.81. The lowest BCUT2D eigenvalue weighted by atomic mass is 10.2. The molecule has 0 unspecified atom stereocenters. The van der Waals surface area contributed by atoms with Crippen molar-refractivity contribution in [2.75, 3.05) is 5.75 Å². The first-order valence-electron chi connectivity index (χ1n) is 9.22. The monoisotopic (exact) mass is 407 g/mol. The second-order valence-electron chi connectivity index (χ2n) is 6.50. The number of thioether (sulfide) groups is 1. The highest BCUT2D eigenvalue weighted by atomic mass is 32.2. The van der Waals surface area contributed by atoms with Gasteiger partial charge >= 0.3 is 0 Å². The third-order valence-corrected chi connectivity index (χ3v) is 5.41. The van der Waals surface area contributed by atoms with E-state index in [-0.39, 0.29) is 11.7 Å². The first-order valence-corrected chi connectivity index (χ1v) is 10.2. The molecule has 1 N–H and O–H groups in total. The molecule has 3 heterocycles. The van der Waals surface area contributed by atoms with E-state index >= 15 is 0 Å². The van der Waals surface area contributed by atoms with Crippen LogP contribution < -0.4 is 5.32 Å². The summed E-state index contributed by atoms with van der Waals surface area (Å²) in [6, 6.07) is 17.7. The molecule has 0 saturated heterocycles. The third-order valence-electron chi connectivity index (χ3n) is 4.48. The number of amides is 1. The van der Waals surface area contributed by atoms with Gasteiger partial charge in [0.1, 0.15) is 11.6 Å². The van der Waals surface area contributed by atoms with Gasteiger partial charge in [-0.1, -0.05) is 30.0 Å². The van der Waals surface area contributed by atoms with Gasteiger partial charge < -0.3 is 14.3 Å². The Labute approximate surface area is 172 Å². The molecule has 148 valence electrons. The smallest absolute Gasteiger partial charge is 0.230 e. The zero-order chi connectivity index (χ0) is 20.1. The normalized spacial score (nSPS) is 10.9. The Morgan fingerprint density at radius 3 is 2.69 bits per heavy atom. The van der Waals surface area contributed by atoms with Crippen LogP contribution in [0.15, 0.2) is 76.6 Å². The van der Waals surface area contributed by atoms with Crippen molar-refractivity contribution >= 4 is 17.7 Å². The van der Waals surface area contributed by atoms with Gasteiger partial charge in [0.05, 0.1) is 18.6 Å². The molecule has 0 saturated carbocycles. The fourth-order valence-corrected chi connectivity index (χ4v) is 3.77. The van der Waals surface area contributed by atoms with Crippen LogP contribution in [0.25, 0.3) is 5.69 Å². The molecular weight excluding hydrogens is 386 g/mol. The quantitative estimate of drug-likeness (QED) is 0.454. The van der Waals surface area contributed by atoms with Crippen LogP contribution in [0.3, 0.4) is 0 Å². The van der Waals surface area contributed by atoms with E-state index in [9.17, 15) is 4.79 Å². The Morgan fingerprint density at radius 2 is 1.97 bits per heavy atom. The van der Waals surface area contributed by atoms with Crippen LogP contribution in [0.5, 0.6) is 0 Å². The van der Waals surface area contributed by atoms with Crippen molar-refractivity contribution < 1.29 is 9.21 Å². The van der Waals surface area contributed by atoms with Crippen molar-refractivity contribution in [3.63, 3.8) is 0 Å². The molecule has 7 nitrogen and oxygen atoms in total. The average Bonchev–Trinajstić information content (AvgIpc) is 3.48. The van der Waals surface area contributed by atoms with E-state index in [4.69, 9.17) is 4.42 Å². The van der Waals surface area contributed by atoms with Crippen molar-refractivity contribution in [3.05, 3.63) is 84.3 Å². The second kappa shape index (κ2) is 8.83. The topological polar surface area (TPSA) is 77.9 Å². The van der Waals surface area contributed by atoms with Crippen LogP contribution in [0.4, 0.5) is 0 Å². The maximum absolute atomic E-state index is 12.2. The third kappa shape index (κ3) is 4.60. The van der Waals surface area contributed by atoms with Gasteiger partial charge in [-0.15, -0.1) is 10.2 Å². The molecule has 1 amide bonds. The summed E-state index contributed by atoms with van der Waals surface area (Å²) in [7, 11) is 2.01. The first-order chi connectivity index (χ1) is 14.2. The molecule has 0 spiro atoms. The minimum Gasteiger partial charge on any atom is -0.467 e. The van der Waals surface area contributed by atoms with E-state index in [1.807, 2.05) is 60.3 Å². The van der Waals surface area contributed by atoms with E-state index in [0.717, 1.165) is 23.0 Å². The number of aromatic nitrogens is 4. The Bertz CT molecular complexity index is 1070. The van der Waals surface area contributed by atoms with Gasteiger partial charge in [0.2, 0.25) is 5.91 Å². The zero-order valence-corrected chi connectivity index (χ0v) is 16.8. The van der Waals surface area contributed by atoms with E-state index in [2.05, 4.69) is 26.1 Å². The maximum atomic E-state index is 12.2. The van der Waals surface area contributed by atoms with Crippen LogP contribution in [-0.4, -0.2) is 31.0 Å². The van der Waals surface area contributed by atoms with Gasteiger partial charge in [-0.05, 0) is 36.4 Å². The maximum Gasteiger partial charge on any atom is 0.230 e. The number of rotatable bonds is 8. The summed E-state index contributed by atoms with van der Waals surface area (Å²) in [6.07, 6.45) is 4.25. The number of hydrogen-bond acceptors (Lipinski definition) is 5.